The van der Waals surface area contributed by atoms with Gasteiger partial charge in [0.05, 0.1) is 12.2 Å². The first-order valence-electron chi connectivity index (χ1n) is 4.43. The number of nitrogens with zero attached hydrogens (tertiary/aromatic N) is 2. The summed E-state index contributed by atoms with van der Waals surface area (Å²) in [7, 11) is 0. The maximum atomic E-state index is 13.2. The molecule has 1 aromatic carbocycles. The summed E-state index contributed by atoms with van der Waals surface area (Å²) in [5.74, 6) is -1.17. The summed E-state index contributed by atoms with van der Waals surface area (Å²) in [6, 6.07) is 3.11. The highest BCUT2D eigenvalue weighted by molar-refractivity contribution is 5.52. The van der Waals surface area contributed by atoms with Crippen molar-refractivity contribution in [2.45, 2.75) is 6.54 Å². The Balaban J connectivity index is 2.20. The van der Waals surface area contributed by atoms with Gasteiger partial charge < -0.3 is 15.5 Å². The number of hydrogen-bond acceptors (Lipinski definition) is 5. The molecule has 2 aromatic rings. The fourth-order valence-electron chi connectivity index (χ4n) is 1.09. The molecule has 7 heteroatoms. The molecule has 0 aliphatic carbocycles. The molecule has 5 nitrogen and oxygen atoms in total. The first kappa shape index (κ1) is 10.5. The van der Waals surface area contributed by atoms with Crippen molar-refractivity contribution in [3.8, 4) is 0 Å². The van der Waals surface area contributed by atoms with Crippen LogP contribution >= 0.6 is 0 Å². The minimum atomic E-state index is -0.743. The van der Waals surface area contributed by atoms with Gasteiger partial charge in [-0.3, -0.25) is 0 Å². The van der Waals surface area contributed by atoms with Crippen molar-refractivity contribution in [3.05, 3.63) is 35.7 Å². The number of anilines is 2. The van der Waals surface area contributed by atoms with Crippen LogP contribution in [0, 0.1) is 11.6 Å². The summed E-state index contributed by atoms with van der Waals surface area (Å²) in [6.45, 7) is 0.0978. The van der Waals surface area contributed by atoms with E-state index >= 15 is 0 Å². The van der Waals surface area contributed by atoms with E-state index in [2.05, 4.69) is 15.5 Å². The predicted molar refractivity (Wildman–Crippen MR) is 51.8 cm³/mol. The molecule has 0 saturated carbocycles. The van der Waals surface area contributed by atoms with Gasteiger partial charge in [-0.25, -0.2) is 8.78 Å². The van der Waals surface area contributed by atoms with Crippen molar-refractivity contribution >= 4 is 11.7 Å². The molecule has 1 heterocycles. The summed E-state index contributed by atoms with van der Waals surface area (Å²) in [4.78, 5) is 0. The second-order valence-corrected chi connectivity index (χ2v) is 2.95. The van der Waals surface area contributed by atoms with E-state index in [1.54, 1.807) is 0 Å². The molecule has 0 radical (unpaired) electrons. The summed E-state index contributed by atoms with van der Waals surface area (Å²) >= 11 is 0. The standard InChI is InChI=1S/C9H8F2N4O/c10-5-1-2-7(6(11)3-5)13-9-15-14-8(4-12)16-9/h1-3H,4,12H2,(H,13,15). The third-order valence-electron chi connectivity index (χ3n) is 1.81. The Kier molecular flexibility index (Phi) is 2.78. The summed E-state index contributed by atoms with van der Waals surface area (Å²) in [6.07, 6.45) is 0. The molecule has 16 heavy (non-hydrogen) atoms. The van der Waals surface area contributed by atoms with Crippen LogP contribution in [0.4, 0.5) is 20.5 Å². The summed E-state index contributed by atoms with van der Waals surface area (Å²) in [5, 5.41) is 9.67. The van der Waals surface area contributed by atoms with Gasteiger partial charge >= 0.3 is 6.01 Å². The van der Waals surface area contributed by atoms with Crippen LogP contribution in [-0.4, -0.2) is 10.2 Å². The van der Waals surface area contributed by atoms with Crippen LogP contribution in [0.3, 0.4) is 0 Å². The lowest BCUT2D eigenvalue weighted by molar-refractivity contribution is 0.510. The molecule has 1 aromatic heterocycles. The smallest absolute Gasteiger partial charge is 0.320 e. The van der Waals surface area contributed by atoms with E-state index in [9.17, 15) is 8.78 Å². The highest BCUT2D eigenvalue weighted by Crippen LogP contribution is 2.19. The Labute approximate surface area is 89.3 Å². The lowest BCUT2D eigenvalue weighted by atomic mass is 10.3. The first-order chi connectivity index (χ1) is 7.69. The number of aromatic nitrogens is 2. The van der Waals surface area contributed by atoms with Gasteiger partial charge in [-0.2, -0.15) is 0 Å². The Morgan fingerprint density at radius 3 is 2.75 bits per heavy atom. The Bertz CT molecular complexity index is 500. The molecule has 0 aliphatic heterocycles. The van der Waals surface area contributed by atoms with Gasteiger partial charge in [0.1, 0.15) is 11.6 Å². The minimum Gasteiger partial charge on any atom is -0.406 e. The van der Waals surface area contributed by atoms with E-state index in [-0.39, 0.29) is 24.1 Å². The third kappa shape index (κ3) is 2.14. The highest BCUT2D eigenvalue weighted by atomic mass is 19.1. The van der Waals surface area contributed by atoms with Gasteiger partial charge in [0.25, 0.3) is 0 Å². The number of halogens is 2. The van der Waals surface area contributed by atoms with E-state index in [0.717, 1.165) is 12.1 Å². The van der Waals surface area contributed by atoms with Crippen LogP contribution in [0.15, 0.2) is 22.6 Å². The van der Waals surface area contributed by atoms with Gasteiger partial charge in [-0.1, -0.05) is 5.10 Å². The zero-order valence-electron chi connectivity index (χ0n) is 8.08. The highest BCUT2D eigenvalue weighted by Gasteiger charge is 2.08. The summed E-state index contributed by atoms with van der Waals surface area (Å²) < 4.78 is 30.8. The molecule has 84 valence electrons. The van der Waals surface area contributed by atoms with Crippen LogP contribution in [0.5, 0.6) is 0 Å². The lowest BCUT2D eigenvalue weighted by Gasteiger charge is -2.02. The molecule has 3 N–H and O–H groups in total. The molecule has 0 spiro atoms. The monoisotopic (exact) mass is 226 g/mol. The van der Waals surface area contributed by atoms with Gasteiger partial charge in [0, 0.05) is 6.07 Å². The average Bonchev–Trinajstić information content (AvgIpc) is 2.70. The van der Waals surface area contributed by atoms with Crippen LogP contribution in [0.1, 0.15) is 5.89 Å². The molecule has 0 saturated heterocycles. The van der Waals surface area contributed by atoms with Gasteiger partial charge in [0.2, 0.25) is 5.89 Å². The second kappa shape index (κ2) is 4.23. The van der Waals surface area contributed by atoms with Gasteiger partial charge in [0.15, 0.2) is 0 Å². The van der Waals surface area contributed by atoms with Crippen molar-refractivity contribution in [1.82, 2.24) is 10.2 Å². The van der Waals surface area contributed by atoms with Crippen molar-refractivity contribution < 1.29 is 13.2 Å². The lowest BCUT2D eigenvalue weighted by Crippen LogP contribution is -1.95. The largest absolute Gasteiger partial charge is 0.406 e. The van der Waals surface area contributed by atoms with E-state index in [1.807, 2.05) is 0 Å². The SMILES string of the molecule is NCc1nnc(Nc2ccc(F)cc2F)o1. The minimum absolute atomic E-state index is 0.00552. The number of benzene rings is 1. The molecule has 0 aliphatic rings. The zero-order valence-corrected chi connectivity index (χ0v) is 8.08. The van der Waals surface area contributed by atoms with E-state index < -0.39 is 11.6 Å². The van der Waals surface area contributed by atoms with E-state index in [4.69, 9.17) is 10.2 Å². The second-order valence-electron chi connectivity index (χ2n) is 2.95. The van der Waals surface area contributed by atoms with E-state index in [1.165, 1.54) is 6.07 Å². The summed E-state index contributed by atoms with van der Waals surface area (Å²) in [5.41, 5.74) is 5.31. The van der Waals surface area contributed by atoms with Crippen LogP contribution in [0.2, 0.25) is 0 Å². The fraction of sp³-hybridized carbons (Fsp3) is 0.111. The van der Waals surface area contributed by atoms with Crippen LogP contribution in [0.25, 0.3) is 0 Å². The molecule has 0 unspecified atom stereocenters. The van der Waals surface area contributed by atoms with Gasteiger partial charge in [-0.15, -0.1) is 5.10 Å². The van der Waals surface area contributed by atoms with Crippen molar-refractivity contribution in [3.63, 3.8) is 0 Å². The number of nitrogens with two attached hydrogens (primary N) is 1. The molecular formula is C9H8F2N4O. The number of rotatable bonds is 3. The average molecular weight is 226 g/mol. The molecule has 0 atom stereocenters. The molecule has 0 amide bonds. The Morgan fingerprint density at radius 2 is 2.12 bits per heavy atom. The quantitative estimate of drug-likeness (QED) is 0.830. The topological polar surface area (TPSA) is 77.0 Å². The zero-order chi connectivity index (χ0) is 11.5. The van der Waals surface area contributed by atoms with E-state index in [0.29, 0.717) is 0 Å². The Morgan fingerprint density at radius 1 is 1.31 bits per heavy atom. The molecular weight excluding hydrogens is 218 g/mol. The Hall–Kier alpha value is -2.02. The normalized spacial score (nSPS) is 10.4. The maximum Gasteiger partial charge on any atom is 0.320 e. The first-order valence-corrected chi connectivity index (χ1v) is 4.43. The van der Waals surface area contributed by atoms with Crippen molar-refractivity contribution in [2.75, 3.05) is 5.32 Å². The predicted octanol–water partition coefficient (Wildman–Crippen LogP) is 1.55. The third-order valence-corrected chi connectivity index (χ3v) is 1.81. The molecule has 0 fully saturated rings. The maximum absolute atomic E-state index is 13.2. The van der Waals surface area contributed by atoms with Crippen LogP contribution < -0.4 is 11.1 Å². The molecule has 0 bridgehead atoms. The number of hydrogen-bond donors (Lipinski definition) is 2. The fourth-order valence-corrected chi connectivity index (χ4v) is 1.09. The van der Waals surface area contributed by atoms with Crippen molar-refractivity contribution in [2.24, 2.45) is 5.73 Å². The number of nitrogens with one attached hydrogen (secondary N) is 1. The molecule has 2 rings (SSSR count). The van der Waals surface area contributed by atoms with Crippen molar-refractivity contribution in [1.29, 1.82) is 0 Å². The van der Waals surface area contributed by atoms with Gasteiger partial charge in [-0.05, 0) is 12.1 Å². The van der Waals surface area contributed by atoms with Crippen LogP contribution in [-0.2, 0) is 6.54 Å².